The number of hydrogen-bond acceptors (Lipinski definition) is 5. The fourth-order valence-electron chi connectivity index (χ4n) is 6.01. The number of hydrogen-bond donors (Lipinski definition) is 1. The van der Waals surface area contributed by atoms with Crippen LogP contribution in [0.5, 0.6) is 0 Å². The summed E-state index contributed by atoms with van der Waals surface area (Å²) >= 11 is 0. The summed E-state index contributed by atoms with van der Waals surface area (Å²) in [5.41, 5.74) is 9.25. The van der Waals surface area contributed by atoms with Gasteiger partial charge in [0, 0.05) is 22.9 Å². The van der Waals surface area contributed by atoms with E-state index in [0.717, 1.165) is 23.0 Å². The molecule has 8 nitrogen and oxygen atoms in total. The smallest absolute Gasteiger partial charge is 0.282 e. The van der Waals surface area contributed by atoms with Gasteiger partial charge in [-0.25, -0.2) is 27.2 Å². The Morgan fingerprint density at radius 2 is 1.88 bits per heavy atom. The molecular weight excluding hydrogens is 562 g/mol. The number of rotatable bonds is 7. The number of likely N-dealkylation sites (tertiary alicyclic amines) is 1. The highest BCUT2D eigenvalue weighted by molar-refractivity contribution is 6.09. The van der Waals surface area contributed by atoms with Crippen molar-refractivity contribution in [3.8, 4) is 11.1 Å². The summed E-state index contributed by atoms with van der Waals surface area (Å²) in [6, 6.07) is 7.96. The fraction of sp³-hybridized carbons (Fsp3) is 0.355. The Labute approximate surface area is 245 Å². The van der Waals surface area contributed by atoms with Gasteiger partial charge in [0.15, 0.2) is 17.3 Å². The van der Waals surface area contributed by atoms with Crippen LogP contribution in [-0.4, -0.2) is 61.4 Å². The molecule has 2 aromatic carbocycles. The topological polar surface area (TPSA) is 94.9 Å². The van der Waals surface area contributed by atoms with Gasteiger partial charge in [-0.2, -0.15) is 10.2 Å². The second kappa shape index (κ2) is 10.7. The van der Waals surface area contributed by atoms with Gasteiger partial charge < -0.3 is 10.6 Å². The number of halogens is 4. The SMILES string of the molecule is CC(C)Cc1nc2c(cnn2C2CCN(C)CC2(F)F)c(-c2ccc3c(cnn3Cc3ccc(F)c(F)c3)c2)c1C(N)=O. The van der Waals surface area contributed by atoms with Crippen LogP contribution in [-0.2, 0) is 13.0 Å². The van der Waals surface area contributed by atoms with E-state index in [0.29, 0.717) is 40.7 Å². The quantitative estimate of drug-likeness (QED) is 0.249. The number of amides is 1. The Morgan fingerprint density at radius 1 is 1.09 bits per heavy atom. The van der Waals surface area contributed by atoms with Gasteiger partial charge >= 0.3 is 0 Å². The van der Waals surface area contributed by atoms with Crippen molar-refractivity contribution < 1.29 is 22.4 Å². The van der Waals surface area contributed by atoms with Crippen molar-refractivity contribution in [3.05, 3.63) is 77.2 Å². The van der Waals surface area contributed by atoms with Gasteiger partial charge in [-0.15, -0.1) is 0 Å². The number of piperidine rings is 1. The predicted molar refractivity (Wildman–Crippen MR) is 155 cm³/mol. The first-order chi connectivity index (χ1) is 20.4. The maximum absolute atomic E-state index is 15.3. The molecule has 4 heterocycles. The molecule has 224 valence electrons. The lowest BCUT2D eigenvalue weighted by atomic mass is 9.92. The third-order valence-corrected chi connectivity index (χ3v) is 7.96. The summed E-state index contributed by atoms with van der Waals surface area (Å²) in [5, 5.41) is 10.0. The maximum atomic E-state index is 15.3. The van der Waals surface area contributed by atoms with Crippen LogP contribution in [0.25, 0.3) is 33.1 Å². The standard InChI is InChI=1S/C31H31F4N7O/c1-17(2)10-24-28(29(36)43)27(21-14-38-42(30(21)39-24)26-8-9-40(3)16-31(26,34)35)19-5-7-25-20(12-19)13-37-41(25)15-18-4-6-22(32)23(33)11-18/h4-7,11-14,17,26H,8-10,15-16H2,1-3H3,(H2,36,43). The molecule has 1 amide bonds. The van der Waals surface area contributed by atoms with Crippen LogP contribution in [0, 0.1) is 17.6 Å². The van der Waals surface area contributed by atoms with E-state index in [1.165, 1.54) is 16.9 Å². The average molecular weight is 594 g/mol. The molecule has 0 aliphatic carbocycles. The number of fused-ring (bicyclic) bond motifs is 2. The predicted octanol–water partition coefficient (Wildman–Crippen LogP) is 5.58. The normalized spacial score (nSPS) is 17.3. The maximum Gasteiger partial charge on any atom is 0.282 e. The highest BCUT2D eigenvalue weighted by Crippen LogP contribution is 2.40. The zero-order chi connectivity index (χ0) is 30.6. The Hall–Kier alpha value is -4.32. The number of carbonyl (C=O) groups is 1. The summed E-state index contributed by atoms with van der Waals surface area (Å²) in [5.74, 6) is -5.46. The molecule has 1 aliphatic heterocycles. The molecule has 1 atom stereocenters. The third-order valence-electron chi connectivity index (χ3n) is 7.96. The number of benzene rings is 2. The van der Waals surface area contributed by atoms with E-state index in [9.17, 15) is 13.6 Å². The number of aromatic nitrogens is 5. The van der Waals surface area contributed by atoms with Crippen molar-refractivity contribution in [2.24, 2.45) is 11.7 Å². The lowest BCUT2D eigenvalue weighted by Gasteiger charge is -2.36. The van der Waals surface area contributed by atoms with Gasteiger partial charge in [-0.1, -0.05) is 26.0 Å². The molecule has 0 radical (unpaired) electrons. The molecular formula is C31H31F4N7O. The number of nitrogens with two attached hydrogens (primary N) is 1. The van der Waals surface area contributed by atoms with E-state index < -0.39 is 36.1 Å². The Morgan fingerprint density at radius 3 is 2.58 bits per heavy atom. The lowest BCUT2D eigenvalue weighted by Crippen LogP contribution is -2.47. The Balaban J connectivity index is 1.51. The molecule has 1 unspecified atom stereocenters. The van der Waals surface area contributed by atoms with Crippen molar-refractivity contribution in [1.82, 2.24) is 29.4 Å². The largest absolute Gasteiger partial charge is 0.366 e. The van der Waals surface area contributed by atoms with E-state index in [2.05, 4.69) is 10.2 Å². The first-order valence-electron chi connectivity index (χ1n) is 14.1. The van der Waals surface area contributed by atoms with E-state index in [-0.39, 0.29) is 30.1 Å². The molecule has 0 spiro atoms. The van der Waals surface area contributed by atoms with Crippen molar-refractivity contribution in [2.45, 2.75) is 45.2 Å². The molecule has 3 aromatic heterocycles. The van der Waals surface area contributed by atoms with Crippen molar-refractivity contribution in [2.75, 3.05) is 20.1 Å². The van der Waals surface area contributed by atoms with Gasteiger partial charge in [-0.3, -0.25) is 9.48 Å². The number of nitrogens with zero attached hydrogens (tertiary/aromatic N) is 6. The van der Waals surface area contributed by atoms with Crippen LogP contribution >= 0.6 is 0 Å². The van der Waals surface area contributed by atoms with Crippen molar-refractivity contribution >= 4 is 27.8 Å². The fourth-order valence-corrected chi connectivity index (χ4v) is 6.01. The van der Waals surface area contributed by atoms with Gasteiger partial charge in [-0.05, 0) is 61.2 Å². The molecule has 0 bridgehead atoms. The zero-order valence-corrected chi connectivity index (χ0v) is 24.0. The second-order valence-corrected chi connectivity index (χ2v) is 11.7. The van der Waals surface area contributed by atoms with Gasteiger partial charge in [0.05, 0.1) is 42.3 Å². The molecule has 2 N–H and O–H groups in total. The average Bonchev–Trinajstić information content (AvgIpc) is 3.52. The van der Waals surface area contributed by atoms with Crippen LogP contribution < -0.4 is 5.73 Å². The molecule has 1 aliphatic rings. The van der Waals surface area contributed by atoms with E-state index >= 15 is 8.78 Å². The van der Waals surface area contributed by atoms with E-state index in [1.807, 2.05) is 26.0 Å². The summed E-state index contributed by atoms with van der Waals surface area (Å²) in [6.07, 6.45) is 3.72. The highest BCUT2D eigenvalue weighted by Gasteiger charge is 2.46. The lowest BCUT2D eigenvalue weighted by molar-refractivity contribution is -0.100. The van der Waals surface area contributed by atoms with Crippen LogP contribution in [0.2, 0.25) is 0 Å². The first-order valence-corrected chi connectivity index (χ1v) is 14.1. The Kier molecular flexibility index (Phi) is 7.19. The number of primary amides is 1. The molecule has 5 aromatic rings. The number of carbonyl (C=O) groups excluding carboxylic acids is 1. The zero-order valence-electron chi connectivity index (χ0n) is 24.0. The molecule has 6 rings (SSSR count). The number of pyridine rings is 1. The summed E-state index contributed by atoms with van der Waals surface area (Å²) in [6.45, 7) is 4.26. The van der Waals surface area contributed by atoms with Gasteiger partial charge in [0.2, 0.25) is 0 Å². The van der Waals surface area contributed by atoms with Crippen LogP contribution in [0.15, 0.2) is 48.8 Å². The summed E-state index contributed by atoms with van der Waals surface area (Å²) in [4.78, 5) is 19.3. The minimum atomic E-state index is -3.03. The molecule has 0 saturated carbocycles. The molecule has 1 saturated heterocycles. The molecule has 43 heavy (non-hydrogen) atoms. The first kappa shape index (κ1) is 28.8. The van der Waals surface area contributed by atoms with Gasteiger partial charge in [0.25, 0.3) is 11.8 Å². The van der Waals surface area contributed by atoms with Crippen LogP contribution in [0.3, 0.4) is 0 Å². The summed E-state index contributed by atoms with van der Waals surface area (Å²) in [7, 11) is 1.66. The highest BCUT2D eigenvalue weighted by atomic mass is 19.3. The van der Waals surface area contributed by atoms with Crippen molar-refractivity contribution in [3.63, 3.8) is 0 Å². The number of alkyl halides is 2. The Bertz CT molecular complexity index is 1860. The van der Waals surface area contributed by atoms with Gasteiger partial charge in [0.1, 0.15) is 6.04 Å². The van der Waals surface area contributed by atoms with Crippen LogP contribution in [0.1, 0.15) is 47.9 Å². The molecule has 12 heteroatoms. The molecule has 1 fully saturated rings. The minimum absolute atomic E-state index is 0.106. The van der Waals surface area contributed by atoms with E-state index in [1.54, 1.807) is 28.9 Å². The summed E-state index contributed by atoms with van der Waals surface area (Å²) < 4.78 is 60.7. The monoisotopic (exact) mass is 593 g/mol. The van der Waals surface area contributed by atoms with E-state index in [4.69, 9.17) is 10.7 Å². The minimum Gasteiger partial charge on any atom is -0.366 e. The van der Waals surface area contributed by atoms with Crippen molar-refractivity contribution in [1.29, 1.82) is 0 Å². The third kappa shape index (κ3) is 5.24. The second-order valence-electron chi connectivity index (χ2n) is 11.7. The van der Waals surface area contributed by atoms with Crippen LogP contribution in [0.4, 0.5) is 17.6 Å².